The summed E-state index contributed by atoms with van der Waals surface area (Å²) in [5.74, 6) is 0. The van der Waals surface area contributed by atoms with Crippen molar-refractivity contribution in [2.24, 2.45) is 0 Å². The van der Waals surface area contributed by atoms with E-state index in [0.717, 1.165) is 23.0 Å². The van der Waals surface area contributed by atoms with E-state index in [1.807, 2.05) is 30.3 Å². The third-order valence-electron chi connectivity index (χ3n) is 5.22. The molecular formula is C24H23NO3. The van der Waals surface area contributed by atoms with Crippen LogP contribution in [0.5, 0.6) is 0 Å². The molecule has 0 heterocycles. The van der Waals surface area contributed by atoms with E-state index in [0.29, 0.717) is 0 Å². The minimum atomic E-state index is -0.629. The van der Waals surface area contributed by atoms with E-state index < -0.39 is 11.6 Å². The van der Waals surface area contributed by atoms with Crippen LogP contribution in [0, 0.1) is 0 Å². The molecule has 1 aliphatic carbocycles. The van der Waals surface area contributed by atoms with Crippen LogP contribution in [0.3, 0.4) is 0 Å². The number of benzene rings is 3. The lowest BCUT2D eigenvalue weighted by molar-refractivity contribution is -0.113. The molecule has 0 spiro atoms. The van der Waals surface area contributed by atoms with Gasteiger partial charge in [-0.2, -0.15) is 0 Å². The lowest BCUT2D eigenvalue weighted by Gasteiger charge is -2.36. The minimum absolute atomic E-state index is 0.150. The average molecular weight is 373 g/mol. The first-order valence-electron chi connectivity index (χ1n) is 9.36. The zero-order valence-corrected chi connectivity index (χ0v) is 15.8. The molecule has 4 heteroatoms. The molecule has 0 radical (unpaired) electrons. The number of methoxy groups -OCH3 is 1. The maximum absolute atomic E-state index is 11.9. The first kappa shape index (κ1) is 18.6. The van der Waals surface area contributed by atoms with Crippen molar-refractivity contribution in [3.63, 3.8) is 0 Å². The van der Waals surface area contributed by atoms with Crippen molar-refractivity contribution >= 4 is 6.29 Å². The van der Waals surface area contributed by atoms with Crippen LogP contribution in [0.15, 0.2) is 78.9 Å². The molecule has 0 aliphatic heterocycles. The summed E-state index contributed by atoms with van der Waals surface area (Å²) >= 11 is 0. The summed E-state index contributed by atoms with van der Waals surface area (Å²) < 4.78 is 10.5. The van der Waals surface area contributed by atoms with Gasteiger partial charge in [-0.25, -0.2) is 0 Å². The molecule has 1 aliphatic rings. The summed E-state index contributed by atoms with van der Waals surface area (Å²) in [7, 11) is 1.57. The molecule has 3 aromatic rings. The highest BCUT2D eigenvalue weighted by Gasteiger charge is 2.45. The molecule has 0 aromatic heterocycles. The van der Waals surface area contributed by atoms with Crippen LogP contribution in [-0.2, 0) is 19.8 Å². The van der Waals surface area contributed by atoms with E-state index in [1.165, 1.54) is 11.1 Å². The van der Waals surface area contributed by atoms with Crippen molar-refractivity contribution in [2.75, 3.05) is 20.5 Å². The van der Waals surface area contributed by atoms with E-state index in [2.05, 4.69) is 53.8 Å². The molecule has 3 aromatic carbocycles. The smallest absolute Gasteiger partial charge is 0.146 e. The van der Waals surface area contributed by atoms with Crippen molar-refractivity contribution in [3.8, 4) is 11.1 Å². The van der Waals surface area contributed by atoms with Crippen LogP contribution < -0.4 is 5.32 Å². The van der Waals surface area contributed by atoms with Gasteiger partial charge in [-0.05, 0) is 27.8 Å². The van der Waals surface area contributed by atoms with Crippen LogP contribution in [0.25, 0.3) is 11.1 Å². The number of fused-ring (bicyclic) bond motifs is 3. The van der Waals surface area contributed by atoms with Gasteiger partial charge >= 0.3 is 0 Å². The Labute approximate surface area is 165 Å². The summed E-state index contributed by atoms with van der Waals surface area (Å²) in [6.07, 6.45) is 0.907. The Bertz CT molecular complexity index is 909. The van der Waals surface area contributed by atoms with Gasteiger partial charge in [-0.1, -0.05) is 78.9 Å². The third kappa shape index (κ3) is 3.06. The highest BCUT2D eigenvalue weighted by molar-refractivity contribution is 5.83. The Morgan fingerprint density at radius 2 is 1.46 bits per heavy atom. The van der Waals surface area contributed by atoms with Gasteiger partial charge < -0.3 is 14.3 Å². The van der Waals surface area contributed by atoms with Gasteiger partial charge in [-0.15, -0.1) is 0 Å². The maximum atomic E-state index is 11.9. The van der Waals surface area contributed by atoms with E-state index >= 15 is 0 Å². The van der Waals surface area contributed by atoms with Crippen molar-refractivity contribution in [1.82, 2.24) is 5.32 Å². The van der Waals surface area contributed by atoms with Gasteiger partial charge in [-0.3, -0.25) is 5.32 Å². The average Bonchev–Trinajstić information content (AvgIpc) is 3.05. The van der Waals surface area contributed by atoms with Crippen molar-refractivity contribution in [3.05, 3.63) is 95.6 Å². The van der Waals surface area contributed by atoms with E-state index in [4.69, 9.17) is 9.47 Å². The van der Waals surface area contributed by atoms with Crippen LogP contribution in [0.4, 0.5) is 0 Å². The summed E-state index contributed by atoms with van der Waals surface area (Å²) in [5, 5.41) is 3.62. The monoisotopic (exact) mass is 373 g/mol. The number of carbonyl (C=O) groups is 1. The second kappa shape index (κ2) is 8.07. The van der Waals surface area contributed by atoms with Gasteiger partial charge in [0.25, 0.3) is 0 Å². The fourth-order valence-corrected chi connectivity index (χ4v) is 4.12. The number of hydrogen-bond donors (Lipinski definition) is 1. The lowest BCUT2D eigenvalue weighted by atomic mass is 9.80. The quantitative estimate of drug-likeness (QED) is 0.371. The Morgan fingerprint density at radius 1 is 0.893 bits per heavy atom. The van der Waals surface area contributed by atoms with E-state index in [1.54, 1.807) is 7.11 Å². The van der Waals surface area contributed by atoms with Gasteiger partial charge in [0.05, 0.1) is 18.2 Å². The van der Waals surface area contributed by atoms with Crippen LogP contribution >= 0.6 is 0 Å². The zero-order valence-electron chi connectivity index (χ0n) is 15.8. The molecule has 0 bridgehead atoms. The number of hydrogen-bond acceptors (Lipinski definition) is 4. The summed E-state index contributed by atoms with van der Waals surface area (Å²) in [5.41, 5.74) is 5.10. The fraction of sp³-hybridized carbons (Fsp3) is 0.208. The second-order valence-corrected chi connectivity index (χ2v) is 6.87. The molecule has 0 saturated heterocycles. The van der Waals surface area contributed by atoms with Crippen LogP contribution in [0.2, 0.25) is 0 Å². The van der Waals surface area contributed by atoms with Crippen molar-refractivity contribution < 1.29 is 14.3 Å². The number of carbonyl (C=O) groups excluding carboxylic acids is 1. The topological polar surface area (TPSA) is 47.6 Å². The number of ether oxygens (including phenoxy) is 2. The van der Waals surface area contributed by atoms with Crippen LogP contribution in [0.1, 0.15) is 16.7 Å². The first-order valence-corrected chi connectivity index (χ1v) is 9.36. The SMILES string of the molecule is COCOC[C@@H](C=O)NC1(c2ccccc2)c2ccccc2-c2ccccc21. The van der Waals surface area contributed by atoms with Crippen LogP contribution in [-0.4, -0.2) is 32.8 Å². The largest absolute Gasteiger partial charge is 0.359 e. The zero-order chi connectivity index (χ0) is 19.4. The fourth-order valence-electron chi connectivity index (χ4n) is 4.12. The normalized spacial score (nSPS) is 14.9. The summed E-state index contributed by atoms with van der Waals surface area (Å²) in [6.45, 7) is 0.383. The third-order valence-corrected chi connectivity index (χ3v) is 5.22. The molecule has 0 saturated carbocycles. The molecule has 4 nitrogen and oxygen atoms in total. The molecular weight excluding hydrogens is 350 g/mol. The predicted molar refractivity (Wildman–Crippen MR) is 109 cm³/mol. The van der Waals surface area contributed by atoms with Crippen molar-refractivity contribution in [2.45, 2.75) is 11.6 Å². The summed E-state index contributed by atoms with van der Waals surface area (Å²) in [4.78, 5) is 11.9. The first-order chi connectivity index (χ1) is 13.8. The predicted octanol–water partition coefficient (Wildman–Crippen LogP) is 3.74. The Morgan fingerprint density at radius 3 is 2.04 bits per heavy atom. The molecule has 0 unspecified atom stereocenters. The number of nitrogens with one attached hydrogen (secondary N) is 1. The molecule has 0 fully saturated rings. The van der Waals surface area contributed by atoms with Gasteiger partial charge in [0.2, 0.25) is 0 Å². The molecule has 28 heavy (non-hydrogen) atoms. The Kier molecular flexibility index (Phi) is 5.35. The molecule has 1 N–H and O–H groups in total. The van der Waals surface area contributed by atoms with Gasteiger partial charge in [0.15, 0.2) is 0 Å². The summed E-state index contributed by atoms with van der Waals surface area (Å²) in [6, 6.07) is 26.5. The van der Waals surface area contributed by atoms with Gasteiger partial charge in [0, 0.05) is 7.11 Å². The molecule has 142 valence electrons. The van der Waals surface area contributed by atoms with Gasteiger partial charge in [0.1, 0.15) is 13.1 Å². The second-order valence-electron chi connectivity index (χ2n) is 6.87. The minimum Gasteiger partial charge on any atom is -0.359 e. The lowest BCUT2D eigenvalue weighted by Crippen LogP contribution is -2.51. The highest BCUT2D eigenvalue weighted by Crippen LogP contribution is 2.50. The number of rotatable bonds is 8. The number of aldehydes is 1. The highest BCUT2D eigenvalue weighted by atomic mass is 16.7. The Balaban J connectivity index is 1.89. The molecule has 0 amide bonds. The molecule has 1 atom stereocenters. The van der Waals surface area contributed by atoms with E-state index in [-0.39, 0.29) is 13.4 Å². The van der Waals surface area contributed by atoms with E-state index in [9.17, 15) is 4.79 Å². The molecule has 4 rings (SSSR count). The maximum Gasteiger partial charge on any atom is 0.146 e. The van der Waals surface area contributed by atoms with Crippen molar-refractivity contribution in [1.29, 1.82) is 0 Å². The Hall–Kier alpha value is -2.79. The standard InChI is InChI=1S/C24H23NO3/c1-27-17-28-16-19(15-26)25-24(18-9-3-2-4-10-18)22-13-7-5-11-20(22)21-12-6-8-14-23(21)24/h2-15,19,25H,16-17H2,1H3/t19-/m1/s1.